The van der Waals surface area contributed by atoms with Crippen LogP contribution in [0.5, 0.6) is 0 Å². The molecule has 1 N–H and O–H groups in total. The van der Waals surface area contributed by atoms with E-state index < -0.39 is 0 Å². The molecule has 1 amide bonds. The predicted octanol–water partition coefficient (Wildman–Crippen LogP) is 2.12. The summed E-state index contributed by atoms with van der Waals surface area (Å²) in [5, 5.41) is 2.98. The quantitative estimate of drug-likeness (QED) is 0.873. The summed E-state index contributed by atoms with van der Waals surface area (Å²) in [6.45, 7) is 1.53. The minimum Gasteiger partial charge on any atom is -0.345 e. The smallest absolute Gasteiger partial charge is 0.223 e. The van der Waals surface area contributed by atoms with E-state index in [2.05, 4.69) is 27.3 Å². The Kier molecular flexibility index (Phi) is 6.01. The van der Waals surface area contributed by atoms with E-state index in [-0.39, 0.29) is 5.91 Å². The lowest BCUT2D eigenvalue weighted by molar-refractivity contribution is -0.129. The third-order valence-corrected chi connectivity index (χ3v) is 4.02. The van der Waals surface area contributed by atoms with Gasteiger partial charge in [-0.1, -0.05) is 0 Å². The second-order valence-electron chi connectivity index (χ2n) is 3.62. The minimum atomic E-state index is 0.199. The summed E-state index contributed by atoms with van der Waals surface area (Å²) in [4.78, 5) is 14.7. The fourth-order valence-corrected chi connectivity index (χ4v) is 2.78. The zero-order chi connectivity index (χ0) is 12.0. The van der Waals surface area contributed by atoms with Crippen molar-refractivity contribution in [3.05, 3.63) is 20.8 Å². The standard InChI is InChI=1S/C11H17BrN2OS/c1-13-7-5-11(15)14(2)8-6-9-3-4-10(12)16-9/h3-4,13H,5-8H2,1-2H3. The monoisotopic (exact) mass is 304 g/mol. The first-order valence-corrected chi connectivity index (χ1v) is 6.87. The Morgan fingerprint density at radius 2 is 2.31 bits per heavy atom. The average Bonchev–Trinajstić information content (AvgIpc) is 2.68. The molecule has 0 fully saturated rings. The molecule has 0 spiro atoms. The molecular formula is C11H17BrN2OS. The summed E-state index contributed by atoms with van der Waals surface area (Å²) in [7, 11) is 3.72. The summed E-state index contributed by atoms with van der Waals surface area (Å²) in [5.41, 5.74) is 0. The second-order valence-corrected chi connectivity index (χ2v) is 6.17. The zero-order valence-electron chi connectivity index (χ0n) is 9.62. The van der Waals surface area contributed by atoms with E-state index in [1.54, 1.807) is 16.2 Å². The molecular weight excluding hydrogens is 288 g/mol. The van der Waals surface area contributed by atoms with Gasteiger partial charge in [-0.15, -0.1) is 11.3 Å². The Hall–Kier alpha value is -0.390. The maximum absolute atomic E-state index is 11.6. The van der Waals surface area contributed by atoms with Gasteiger partial charge in [0.05, 0.1) is 3.79 Å². The molecule has 0 aliphatic rings. The molecule has 5 heteroatoms. The molecule has 0 atom stereocenters. The first-order chi connectivity index (χ1) is 7.63. The van der Waals surface area contributed by atoms with E-state index in [0.29, 0.717) is 6.42 Å². The van der Waals surface area contributed by atoms with Crippen molar-refractivity contribution in [1.82, 2.24) is 10.2 Å². The SMILES string of the molecule is CNCCC(=O)N(C)CCc1ccc(Br)s1. The number of nitrogens with zero attached hydrogens (tertiary/aromatic N) is 1. The number of carbonyl (C=O) groups is 1. The van der Waals surface area contributed by atoms with Gasteiger partial charge in [0.15, 0.2) is 0 Å². The van der Waals surface area contributed by atoms with Crippen LogP contribution in [0.2, 0.25) is 0 Å². The van der Waals surface area contributed by atoms with Crippen LogP contribution in [0.3, 0.4) is 0 Å². The van der Waals surface area contributed by atoms with Gasteiger partial charge in [0.25, 0.3) is 0 Å². The van der Waals surface area contributed by atoms with Crippen molar-refractivity contribution < 1.29 is 4.79 Å². The van der Waals surface area contributed by atoms with Crippen LogP contribution in [-0.2, 0) is 11.2 Å². The molecule has 1 heterocycles. The normalized spacial score (nSPS) is 10.4. The molecule has 16 heavy (non-hydrogen) atoms. The number of halogens is 1. The Morgan fingerprint density at radius 3 is 2.88 bits per heavy atom. The summed E-state index contributed by atoms with van der Waals surface area (Å²) < 4.78 is 1.15. The predicted molar refractivity (Wildman–Crippen MR) is 71.9 cm³/mol. The maximum atomic E-state index is 11.6. The van der Waals surface area contributed by atoms with Crippen LogP contribution in [0, 0.1) is 0 Å². The zero-order valence-corrected chi connectivity index (χ0v) is 12.0. The van der Waals surface area contributed by atoms with Gasteiger partial charge in [0.2, 0.25) is 5.91 Å². The number of carbonyl (C=O) groups excluding carboxylic acids is 1. The minimum absolute atomic E-state index is 0.199. The molecule has 3 nitrogen and oxygen atoms in total. The van der Waals surface area contributed by atoms with Gasteiger partial charge in [-0.3, -0.25) is 4.79 Å². The van der Waals surface area contributed by atoms with Gasteiger partial charge in [-0.05, 0) is 41.5 Å². The van der Waals surface area contributed by atoms with Gasteiger partial charge in [-0.25, -0.2) is 0 Å². The van der Waals surface area contributed by atoms with Gasteiger partial charge in [0, 0.05) is 31.4 Å². The molecule has 0 saturated heterocycles. The molecule has 90 valence electrons. The van der Waals surface area contributed by atoms with Crippen LogP contribution in [0.25, 0.3) is 0 Å². The first kappa shape index (κ1) is 13.7. The third-order valence-electron chi connectivity index (χ3n) is 2.34. The lowest BCUT2D eigenvalue weighted by Crippen LogP contribution is -2.30. The van der Waals surface area contributed by atoms with E-state index >= 15 is 0 Å². The van der Waals surface area contributed by atoms with Crippen LogP contribution in [0.4, 0.5) is 0 Å². The molecule has 1 aromatic rings. The van der Waals surface area contributed by atoms with Crippen molar-refractivity contribution in [3.63, 3.8) is 0 Å². The first-order valence-electron chi connectivity index (χ1n) is 5.26. The number of likely N-dealkylation sites (N-methyl/N-ethyl adjacent to an activating group) is 1. The van der Waals surface area contributed by atoms with Gasteiger partial charge < -0.3 is 10.2 Å². The number of nitrogens with one attached hydrogen (secondary N) is 1. The Morgan fingerprint density at radius 1 is 1.56 bits per heavy atom. The van der Waals surface area contributed by atoms with Crippen molar-refractivity contribution in [2.45, 2.75) is 12.8 Å². The van der Waals surface area contributed by atoms with Crippen molar-refractivity contribution in [2.75, 3.05) is 27.2 Å². The topological polar surface area (TPSA) is 32.3 Å². The average molecular weight is 305 g/mol. The summed E-state index contributed by atoms with van der Waals surface area (Å²) in [6, 6.07) is 4.14. The van der Waals surface area contributed by atoms with Crippen LogP contribution in [0.15, 0.2) is 15.9 Å². The molecule has 0 aromatic carbocycles. The molecule has 1 rings (SSSR count). The van der Waals surface area contributed by atoms with Crippen LogP contribution in [-0.4, -0.2) is 38.0 Å². The summed E-state index contributed by atoms with van der Waals surface area (Å²) in [5.74, 6) is 0.199. The highest BCUT2D eigenvalue weighted by molar-refractivity contribution is 9.11. The molecule has 0 aliphatic carbocycles. The summed E-state index contributed by atoms with van der Waals surface area (Å²) in [6.07, 6.45) is 1.50. The molecule has 0 radical (unpaired) electrons. The highest BCUT2D eigenvalue weighted by Gasteiger charge is 2.08. The molecule has 0 unspecified atom stereocenters. The van der Waals surface area contributed by atoms with Crippen molar-refractivity contribution in [1.29, 1.82) is 0 Å². The number of hydrogen-bond donors (Lipinski definition) is 1. The Labute approximate surface area is 109 Å². The fraction of sp³-hybridized carbons (Fsp3) is 0.545. The number of hydrogen-bond acceptors (Lipinski definition) is 3. The van der Waals surface area contributed by atoms with Crippen molar-refractivity contribution in [3.8, 4) is 0 Å². The fourth-order valence-electron chi connectivity index (χ4n) is 1.31. The van der Waals surface area contributed by atoms with E-state index in [1.807, 2.05) is 20.2 Å². The molecule has 1 aromatic heterocycles. The lowest BCUT2D eigenvalue weighted by atomic mass is 10.3. The molecule has 0 bridgehead atoms. The van der Waals surface area contributed by atoms with Crippen LogP contribution < -0.4 is 5.32 Å². The van der Waals surface area contributed by atoms with E-state index in [9.17, 15) is 4.79 Å². The highest BCUT2D eigenvalue weighted by Crippen LogP contribution is 2.22. The van der Waals surface area contributed by atoms with Crippen molar-refractivity contribution in [2.24, 2.45) is 0 Å². The maximum Gasteiger partial charge on any atom is 0.223 e. The van der Waals surface area contributed by atoms with Gasteiger partial charge in [0.1, 0.15) is 0 Å². The lowest BCUT2D eigenvalue weighted by Gasteiger charge is -2.16. The summed E-state index contributed by atoms with van der Waals surface area (Å²) >= 11 is 5.16. The van der Waals surface area contributed by atoms with E-state index in [1.165, 1.54) is 4.88 Å². The molecule has 0 saturated carbocycles. The Balaban J connectivity index is 2.29. The van der Waals surface area contributed by atoms with Gasteiger partial charge in [-0.2, -0.15) is 0 Å². The van der Waals surface area contributed by atoms with E-state index in [0.717, 1.165) is 23.3 Å². The number of thiophene rings is 1. The van der Waals surface area contributed by atoms with E-state index in [4.69, 9.17) is 0 Å². The Bertz CT molecular complexity index is 340. The second kappa shape index (κ2) is 7.04. The third kappa shape index (κ3) is 4.63. The van der Waals surface area contributed by atoms with Crippen LogP contribution >= 0.6 is 27.3 Å². The highest BCUT2D eigenvalue weighted by atomic mass is 79.9. The van der Waals surface area contributed by atoms with Crippen LogP contribution in [0.1, 0.15) is 11.3 Å². The largest absolute Gasteiger partial charge is 0.345 e. The molecule has 0 aliphatic heterocycles. The number of amides is 1. The van der Waals surface area contributed by atoms with Crippen molar-refractivity contribution >= 4 is 33.2 Å². The number of rotatable bonds is 6. The van der Waals surface area contributed by atoms with Gasteiger partial charge >= 0.3 is 0 Å².